The molecule has 2 aromatic rings. The lowest BCUT2D eigenvalue weighted by atomic mass is 10.1. The van der Waals surface area contributed by atoms with Gasteiger partial charge in [0.15, 0.2) is 4.77 Å². The average molecular weight is 264 g/mol. The molecular weight excluding hydrogens is 248 g/mol. The summed E-state index contributed by atoms with van der Waals surface area (Å²) < 4.78 is 7.74. The molecule has 1 heterocycles. The zero-order valence-corrected chi connectivity index (χ0v) is 11.0. The van der Waals surface area contributed by atoms with Gasteiger partial charge in [-0.25, -0.2) is 0 Å². The van der Waals surface area contributed by atoms with E-state index in [9.17, 15) is 5.11 Å². The third kappa shape index (κ3) is 2.80. The Morgan fingerprint density at radius 1 is 1.44 bits per heavy atom. The fourth-order valence-electron chi connectivity index (χ4n) is 1.88. The Kier molecular flexibility index (Phi) is 4.17. The largest absolute Gasteiger partial charge is 0.497 e. The van der Waals surface area contributed by atoms with Crippen LogP contribution in [0.1, 0.15) is 11.3 Å². The molecule has 0 fully saturated rings. The number of hydrogen-bond acceptors (Lipinski definition) is 3. The zero-order valence-electron chi connectivity index (χ0n) is 10.2. The molecule has 0 aliphatic rings. The van der Waals surface area contributed by atoms with E-state index in [1.54, 1.807) is 13.3 Å². The summed E-state index contributed by atoms with van der Waals surface area (Å²) in [5, 5.41) is 9.20. The van der Waals surface area contributed by atoms with E-state index in [1.807, 2.05) is 22.8 Å². The first kappa shape index (κ1) is 12.9. The molecule has 0 atom stereocenters. The molecular formula is C13H16N2O2S. The van der Waals surface area contributed by atoms with Crippen molar-refractivity contribution in [3.8, 4) is 5.75 Å². The molecule has 18 heavy (non-hydrogen) atoms. The van der Waals surface area contributed by atoms with Gasteiger partial charge in [0.25, 0.3) is 0 Å². The fraction of sp³-hybridized carbons (Fsp3) is 0.308. The van der Waals surface area contributed by atoms with Crippen LogP contribution in [-0.4, -0.2) is 21.8 Å². The second kappa shape index (κ2) is 5.84. The van der Waals surface area contributed by atoms with E-state index in [4.69, 9.17) is 17.0 Å². The van der Waals surface area contributed by atoms with Gasteiger partial charge in [0.1, 0.15) is 5.75 Å². The smallest absolute Gasteiger partial charge is 0.177 e. The van der Waals surface area contributed by atoms with Crippen LogP contribution in [0.2, 0.25) is 0 Å². The summed E-state index contributed by atoms with van der Waals surface area (Å²) in [4.78, 5) is 2.94. The highest BCUT2D eigenvalue weighted by molar-refractivity contribution is 7.71. The van der Waals surface area contributed by atoms with E-state index in [0.717, 1.165) is 24.4 Å². The molecule has 4 nitrogen and oxygen atoms in total. The number of aromatic nitrogens is 2. The minimum Gasteiger partial charge on any atom is -0.497 e. The monoisotopic (exact) mass is 264 g/mol. The maximum Gasteiger partial charge on any atom is 0.177 e. The molecule has 0 bridgehead atoms. The van der Waals surface area contributed by atoms with Gasteiger partial charge in [-0.1, -0.05) is 12.1 Å². The molecule has 0 unspecified atom stereocenters. The van der Waals surface area contributed by atoms with Crippen LogP contribution >= 0.6 is 12.2 Å². The Morgan fingerprint density at radius 3 is 3.00 bits per heavy atom. The molecule has 1 aromatic heterocycles. The predicted octanol–water partition coefficient (Wildman–Crippen LogP) is 2.29. The standard InChI is InChI=1S/C13H16N2O2S/c1-17-12-4-2-3-10(7-12)5-6-15-11(9-16)8-14-13(15)18/h2-4,7-8,16H,5-6,9H2,1H3,(H,14,18). The van der Waals surface area contributed by atoms with Crippen LogP contribution in [0.3, 0.4) is 0 Å². The minimum absolute atomic E-state index is 0.00868. The number of aliphatic hydroxyl groups is 1. The number of ether oxygens (including phenoxy) is 1. The third-order valence-electron chi connectivity index (χ3n) is 2.87. The van der Waals surface area contributed by atoms with E-state index >= 15 is 0 Å². The van der Waals surface area contributed by atoms with Gasteiger partial charge >= 0.3 is 0 Å². The van der Waals surface area contributed by atoms with Crippen LogP contribution in [0.15, 0.2) is 30.5 Å². The van der Waals surface area contributed by atoms with E-state index < -0.39 is 0 Å². The molecule has 2 rings (SSSR count). The number of aliphatic hydroxyl groups excluding tert-OH is 1. The van der Waals surface area contributed by atoms with E-state index in [2.05, 4.69) is 11.1 Å². The van der Waals surface area contributed by atoms with E-state index in [0.29, 0.717) is 4.77 Å². The van der Waals surface area contributed by atoms with Crippen molar-refractivity contribution in [2.24, 2.45) is 0 Å². The van der Waals surface area contributed by atoms with Crippen LogP contribution in [-0.2, 0) is 19.6 Å². The molecule has 1 aromatic carbocycles. The molecule has 0 aliphatic heterocycles. The Hall–Kier alpha value is -1.59. The SMILES string of the molecule is COc1cccc(CCn2c(CO)c[nH]c2=S)c1. The predicted molar refractivity (Wildman–Crippen MR) is 72.2 cm³/mol. The van der Waals surface area contributed by atoms with Gasteiger partial charge in [-0.15, -0.1) is 0 Å². The van der Waals surface area contributed by atoms with Crippen LogP contribution in [0.4, 0.5) is 0 Å². The minimum atomic E-state index is -0.00868. The van der Waals surface area contributed by atoms with E-state index in [1.165, 1.54) is 5.56 Å². The lowest BCUT2D eigenvalue weighted by Gasteiger charge is -2.07. The van der Waals surface area contributed by atoms with Gasteiger partial charge in [0, 0.05) is 12.7 Å². The summed E-state index contributed by atoms with van der Waals surface area (Å²) in [6.07, 6.45) is 2.59. The molecule has 0 radical (unpaired) electrons. The Morgan fingerprint density at radius 2 is 2.28 bits per heavy atom. The van der Waals surface area contributed by atoms with Crippen molar-refractivity contribution in [3.63, 3.8) is 0 Å². The number of hydrogen-bond donors (Lipinski definition) is 2. The number of rotatable bonds is 5. The normalized spacial score (nSPS) is 10.6. The molecule has 96 valence electrons. The quantitative estimate of drug-likeness (QED) is 0.815. The summed E-state index contributed by atoms with van der Waals surface area (Å²) in [6, 6.07) is 7.95. The summed E-state index contributed by atoms with van der Waals surface area (Å²) in [5.41, 5.74) is 1.99. The summed E-state index contributed by atoms with van der Waals surface area (Å²) in [7, 11) is 1.66. The lowest BCUT2D eigenvalue weighted by molar-refractivity contribution is 0.270. The van der Waals surface area contributed by atoms with Gasteiger partial charge < -0.3 is 19.4 Å². The van der Waals surface area contributed by atoms with Crippen LogP contribution < -0.4 is 4.74 Å². The van der Waals surface area contributed by atoms with Crippen molar-refractivity contribution >= 4 is 12.2 Å². The molecule has 0 aliphatic carbocycles. The summed E-state index contributed by atoms with van der Waals surface area (Å²) in [5.74, 6) is 0.854. The first-order chi connectivity index (χ1) is 8.74. The molecule has 5 heteroatoms. The van der Waals surface area contributed by atoms with Crippen molar-refractivity contribution in [3.05, 3.63) is 46.5 Å². The molecule has 0 spiro atoms. The maximum atomic E-state index is 9.20. The Labute approximate surface area is 111 Å². The maximum absolute atomic E-state index is 9.20. The number of benzene rings is 1. The summed E-state index contributed by atoms with van der Waals surface area (Å²) in [6.45, 7) is 0.733. The highest BCUT2D eigenvalue weighted by atomic mass is 32.1. The van der Waals surface area contributed by atoms with Gasteiger partial charge in [-0.2, -0.15) is 0 Å². The summed E-state index contributed by atoms with van der Waals surface area (Å²) >= 11 is 5.17. The van der Waals surface area contributed by atoms with Crippen molar-refractivity contribution in [1.82, 2.24) is 9.55 Å². The van der Waals surface area contributed by atoms with Crippen LogP contribution in [0.25, 0.3) is 0 Å². The average Bonchev–Trinajstić information content (AvgIpc) is 2.77. The lowest BCUT2D eigenvalue weighted by Crippen LogP contribution is -2.05. The van der Waals surface area contributed by atoms with Crippen molar-refractivity contribution in [2.45, 2.75) is 19.6 Å². The van der Waals surface area contributed by atoms with Crippen LogP contribution in [0.5, 0.6) is 5.75 Å². The first-order valence-corrected chi connectivity index (χ1v) is 6.16. The number of aryl methyl sites for hydroxylation is 1. The van der Waals surface area contributed by atoms with Gasteiger partial charge in [-0.3, -0.25) is 0 Å². The number of H-pyrrole nitrogens is 1. The molecule has 0 amide bonds. The topological polar surface area (TPSA) is 50.2 Å². The number of imidazole rings is 1. The number of nitrogens with zero attached hydrogens (tertiary/aromatic N) is 1. The highest BCUT2D eigenvalue weighted by Crippen LogP contribution is 2.14. The van der Waals surface area contributed by atoms with Gasteiger partial charge in [0.2, 0.25) is 0 Å². The Balaban J connectivity index is 2.11. The molecule has 0 saturated heterocycles. The zero-order chi connectivity index (χ0) is 13.0. The van der Waals surface area contributed by atoms with Gasteiger partial charge in [0.05, 0.1) is 19.4 Å². The van der Waals surface area contributed by atoms with Crippen molar-refractivity contribution in [1.29, 1.82) is 0 Å². The highest BCUT2D eigenvalue weighted by Gasteiger charge is 2.03. The third-order valence-corrected chi connectivity index (χ3v) is 3.21. The van der Waals surface area contributed by atoms with Crippen molar-refractivity contribution < 1.29 is 9.84 Å². The second-order valence-corrected chi connectivity index (χ2v) is 4.38. The fourth-order valence-corrected chi connectivity index (χ4v) is 2.14. The number of aromatic amines is 1. The van der Waals surface area contributed by atoms with Crippen molar-refractivity contribution in [2.75, 3.05) is 7.11 Å². The van der Waals surface area contributed by atoms with Crippen LogP contribution in [0, 0.1) is 4.77 Å². The second-order valence-electron chi connectivity index (χ2n) is 4.00. The number of methoxy groups -OCH3 is 1. The van der Waals surface area contributed by atoms with Gasteiger partial charge in [-0.05, 0) is 36.3 Å². The van der Waals surface area contributed by atoms with E-state index in [-0.39, 0.29) is 6.61 Å². The molecule has 0 saturated carbocycles. The number of nitrogens with one attached hydrogen (secondary N) is 1. The first-order valence-electron chi connectivity index (χ1n) is 5.75. The molecule has 2 N–H and O–H groups in total. The Bertz CT molecular complexity index is 574.